The molecule has 2 atom stereocenters. The molecule has 6 nitrogen and oxygen atoms in total. The van der Waals surface area contributed by atoms with Crippen molar-refractivity contribution in [1.82, 2.24) is 5.01 Å². The predicted octanol–water partition coefficient (Wildman–Crippen LogP) is 6.26. The van der Waals surface area contributed by atoms with E-state index in [4.69, 9.17) is 47.3 Å². The minimum atomic E-state index is -0.498. The zero-order valence-electron chi connectivity index (χ0n) is 18.3. The van der Waals surface area contributed by atoms with Gasteiger partial charge in [-0.25, -0.2) is 5.01 Å². The monoisotopic (exact) mass is 484 g/mol. The van der Waals surface area contributed by atoms with Crippen molar-refractivity contribution in [2.75, 3.05) is 21.3 Å². The Morgan fingerprint density at radius 2 is 1.67 bits per heavy atom. The lowest BCUT2D eigenvalue weighted by molar-refractivity contribution is -0.0192. The van der Waals surface area contributed by atoms with Crippen LogP contribution in [0, 0.1) is 0 Å². The third-order valence-corrected chi connectivity index (χ3v) is 6.46. The molecule has 0 amide bonds. The molecule has 0 aliphatic carbocycles. The van der Waals surface area contributed by atoms with Crippen LogP contribution in [0.5, 0.6) is 23.0 Å². The molecule has 0 N–H and O–H groups in total. The van der Waals surface area contributed by atoms with Crippen LogP contribution >= 0.6 is 23.2 Å². The molecule has 3 aromatic rings. The molecular weight excluding hydrogens is 463 g/mol. The van der Waals surface area contributed by atoms with Gasteiger partial charge in [0, 0.05) is 28.1 Å². The number of hydrazone groups is 1. The molecule has 2 aliphatic rings. The van der Waals surface area contributed by atoms with Crippen LogP contribution in [0.2, 0.25) is 10.0 Å². The van der Waals surface area contributed by atoms with E-state index < -0.39 is 6.23 Å². The van der Waals surface area contributed by atoms with Gasteiger partial charge in [-0.2, -0.15) is 5.10 Å². The van der Waals surface area contributed by atoms with Crippen LogP contribution in [0.3, 0.4) is 0 Å². The number of nitrogens with zero attached hydrogens (tertiary/aromatic N) is 2. The van der Waals surface area contributed by atoms with Crippen LogP contribution in [0.25, 0.3) is 0 Å². The fourth-order valence-corrected chi connectivity index (χ4v) is 4.90. The second kappa shape index (κ2) is 8.69. The Hall–Kier alpha value is -3.09. The maximum Gasteiger partial charge on any atom is 0.214 e. The number of benzene rings is 3. The van der Waals surface area contributed by atoms with E-state index in [1.807, 2.05) is 47.5 Å². The van der Waals surface area contributed by atoms with Gasteiger partial charge in [-0.3, -0.25) is 0 Å². The Morgan fingerprint density at radius 1 is 0.939 bits per heavy atom. The highest BCUT2D eigenvalue weighted by Gasteiger charge is 2.41. The van der Waals surface area contributed by atoms with Gasteiger partial charge in [-0.1, -0.05) is 47.5 Å². The van der Waals surface area contributed by atoms with Gasteiger partial charge in [0.15, 0.2) is 11.5 Å². The molecular formula is C25H22Cl2N2O4. The second-order valence-corrected chi connectivity index (χ2v) is 8.58. The summed E-state index contributed by atoms with van der Waals surface area (Å²) in [6.07, 6.45) is 0.185. The topological polar surface area (TPSA) is 52.5 Å². The summed E-state index contributed by atoms with van der Waals surface area (Å²) in [5.74, 6) is 2.44. The van der Waals surface area contributed by atoms with Crippen LogP contribution in [0.15, 0.2) is 59.7 Å². The number of ether oxygens (including phenoxy) is 4. The number of hydrogen-bond acceptors (Lipinski definition) is 6. The minimum absolute atomic E-state index is 0.0132. The molecule has 2 heterocycles. The van der Waals surface area contributed by atoms with Crippen LogP contribution < -0.4 is 18.9 Å². The molecule has 33 heavy (non-hydrogen) atoms. The maximum atomic E-state index is 6.51. The highest BCUT2D eigenvalue weighted by atomic mass is 35.5. The summed E-state index contributed by atoms with van der Waals surface area (Å²) < 4.78 is 23.1. The highest BCUT2D eigenvalue weighted by Crippen LogP contribution is 2.50. The highest BCUT2D eigenvalue weighted by molar-refractivity contribution is 6.37. The van der Waals surface area contributed by atoms with Gasteiger partial charge in [0.1, 0.15) is 5.75 Å². The summed E-state index contributed by atoms with van der Waals surface area (Å²) in [4.78, 5) is 0. The van der Waals surface area contributed by atoms with Crippen LogP contribution in [0.4, 0.5) is 0 Å². The molecule has 5 rings (SSSR count). The Morgan fingerprint density at radius 3 is 2.33 bits per heavy atom. The van der Waals surface area contributed by atoms with Crippen molar-refractivity contribution in [3.8, 4) is 23.0 Å². The lowest BCUT2D eigenvalue weighted by Gasteiger charge is -2.38. The molecule has 0 fully saturated rings. The predicted molar refractivity (Wildman–Crippen MR) is 128 cm³/mol. The molecule has 8 heteroatoms. The van der Waals surface area contributed by atoms with Gasteiger partial charge in [-0.15, -0.1) is 0 Å². The third kappa shape index (κ3) is 3.73. The number of fused-ring (bicyclic) bond motifs is 3. The quantitative estimate of drug-likeness (QED) is 0.427. The largest absolute Gasteiger partial charge is 0.493 e. The summed E-state index contributed by atoms with van der Waals surface area (Å²) in [6.45, 7) is 0. The van der Waals surface area contributed by atoms with E-state index in [0.717, 1.165) is 28.2 Å². The number of methoxy groups -OCH3 is 3. The molecule has 2 aliphatic heterocycles. The zero-order chi connectivity index (χ0) is 23.1. The van der Waals surface area contributed by atoms with E-state index in [1.165, 1.54) is 0 Å². The maximum absolute atomic E-state index is 6.51. The molecule has 0 bridgehead atoms. The van der Waals surface area contributed by atoms with Crippen LogP contribution in [-0.4, -0.2) is 32.0 Å². The first-order chi connectivity index (χ1) is 16.0. The normalized spacial score (nSPS) is 18.7. The smallest absolute Gasteiger partial charge is 0.214 e. The standard InChI is InChI=1S/C25H22Cl2N2O4/c1-30-22-10-14(11-23(31-2)24(22)32-3)25-29-20(17-6-4-5-7-21(17)33-25)13-19(28-29)16-9-8-15(26)12-18(16)27/h4-12,20,25H,13H2,1-3H3/t20-,25+/m1/s1. The number of para-hydroxylation sites is 1. The van der Waals surface area contributed by atoms with Gasteiger partial charge in [0.25, 0.3) is 0 Å². The van der Waals surface area contributed by atoms with E-state index >= 15 is 0 Å². The number of rotatable bonds is 5. The molecule has 0 unspecified atom stereocenters. The zero-order valence-corrected chi connectivity index (χ0v) is 19.9. The summed E-state index contributed by atoms with van der Waals surface area (Å²) in [6, 6.07) is 17.2. The van der Waals surface area contributed by atoms with Crippen LogP contribution in [0.1, 0.15) is 35.4 Å². The lowest BCUT2D eigenvalue weighted by Crippen LogP contribution is -2.33. The van der Waals surface area contributed by atoms with Crippen molar-refractivity contribution < 1.29 is 18.9 Å². The molecule has 0 saturated carbocycles. The summed E-state index contributed by atoms with van der Waals surface area (Å²) in [7, 11) is 4.77. The van der Waals surface area contributed by atoms with Crippen molar-refractivity contribution in [3.63, 3.8) is 0 Å². The Labute approximate surface area is 202 Å². The van der Waals surface area contributed by atoms with Crippen molar-refractivity contribution in [2.45, 2.75) is 18.7 Å². The van der Waals surface area contributed by atoms with E-state index in [2.05, 4.69) is 6.07 Å². The summed E-state index contributed by atoms with van der Waals surface area (Å²) >= 11 is 12.6. The third-order valence-electron chi connectivity index (χ3n) is 5.91. The van der Waals surface area contributed by atoms with Gasteiger partial charge in [0.05, 0.1) is 38.1 Å². The molecule has 3 aromatic carbocycles. The average Bonchev–Trinajstić information content (AvgIpc) is 3.27. The Bertz CT molecular complexity index is 1220. The lowest BCUT2D eigenvalue weighted by atomic mass is 9.96. The van der Waals surface area contributed by atoms with Crippen molar-refractivity contribution in [2.24, 2.45) is 5.10 Å². The van der Waals surface area contributed by atoms with Crippen molar-refractivity contribution >= 4 is 28.9 Å². The molecule has 0 saturated heterocycles. The SMILES string of the molecule is COc1cc([C@@H]2Oc3ccccc3[C@H]3CC(c4ccc(Cl)cc4Cl)=NN32)cc(OC)c1OC. The summed E-state index contributed by atoms with van der Waals surface area (Å²) in [5, 5.41) is 8.10. The van der Waals surface area contributed by atoms with Gasteiger partial charge in [0.2, 0.25) is 12.0 Å². The van der Waals surface area contributed by atoms with E-state index in [9.17, 15) is 0 Å². The fraction of sp³-hybridized carbons (Fsp3) is 0.240. The molecule has 0 radical (unpaired) electrons. The first-order valence-corrected chi connectivity index (χ1v) is 11.2. The molecule has 0 spiro atoms. The van der Waals surface area contributed by atoms with Gasteiger partial charge < -0.3 is 18.9 Å². The van der Waals surface area contributed by atoms with Gasteiger partial charge in [-0.05, 0) is 30.3 Å². The average molecular weight is 485 g/mol. The van der Waals surface area contributed by atoms with E-state index in [0.29, 0.717) is 33.7 Å². The van der Waals surface area contributed by atoms with Crippen molar-refractivity contribution in [1.29, 1.82) is 0 Å². The van der Waals surface area contributed by atoms with Gasteiger partial charge >= 0.3 is 0 Å². The first-order valence-electron chi connectivity index (χ1n) is 10.4. The Balaban J connectivity index is 1.63. The number of hydrogen-bond donors (Lipinski definition) is 0. The van der Waals surface area contributed by atoms with E-state index in [-0.39, 0.29) is 6.04 Å². The second-order valence-electron chi connectivity index (χ2n) is 7.74. The number of halogens is 2. The van der Waals surface area contributed by atoms with E-state index in [1.54, 1.807) is 27.4 Å². The molecule has 170 valence electrons. The van der Waals surface area contributed by atoms with Crippen LogP contribution in [-0.2, 0) is 0 Å². The first kappa shape index (κ1) is 21.7. The molecule has 0 aromatic heterocycles. The summed E-state index contributed by atoms with van der Waals surface area (Å²) in [5.41, 5.74) is 3.64. The minimum Gasteiger partial charge on any atom is -0.493 e. The fourth-order valence-electron chi connectivity index (χ4n) is 4.38. The Kier molecular flexibility index (Phi) is 5.72. The van der Waals surface area contributed by atoms with Crippen molar-refractivity contribution in [3.05, 3.63) is 81.3 Å².